The van der Waals surface area contributed by atoms with Crippen LogP contribution in [0.1, 0.15) is 59.3 Å². The van der Waals surface area contributed by atoms with Crippen molar-refractivity contribution in [1.29, 1.82) is 0 Å². The average molecular weight is 251 g/mol. The van der Waals surface area contributed by atoms with Crippen LogP contribution >= 0.6 is 0 Å². The number of nitrogens with zero attached hydrogens (tertiary/aromatic N) is 3. The lowest BCUT2D eigenvalue weighted by Crippen LogP contribution is -2.36. The van der Waals surface area contributed by atoms with Gasteiger partial charge in [0.05, 0.1) is 5.54 Å². The van der Waals surface area contributed by atoms with Crippen molar-refractivity contribution >= 4 is 11.9 Å². The summed E-state index contributed by atoms with van der Waals surface area (Å²) < 4.78 is 0. The summed E-state index contributed by atoms with van der Waals surface area (Å²) in [6.45, 7) is 5.67. The lowest BCUT2D eigenvalue weighted by molar-refractivity contribution is -0.124. The Balaban J connectivity index is 3.05. The van der Waals surface area contributed by atoms with Gasteiger partial charge in [0.2, 0.25) is 11.7 Å². The maximum Gasteiger partial charge on any atom is 0.239 e. The molecule has 1 unspecified atom stereocenters. The van der Waals surface area contributed by atoms with E-state index >= 15 is 0 Å². The largest absolute Gasteiger partial charge is 0.295 e. The summed E-state index contributed by atoms with van der Waals surface area (Å²) in [5.74, 6) is -0.112. The van der Waals surface area contributed by atoms with Crippen molar-refractivity contribution in [3.8, 4) is 0 Å². The Morgan fingerprint density at radius 1 is 1.17 bits per heavy atom. The topological polar surface area (TPSA) is 71.2 Å². The van der Waals surface area contributed by atoms with E-state index in [4.69, 9.17) is 0 Å². The predicted octanol–water partition coefficient (Wildman–Crippen LogP) is 3.19. The molecular formula is C13H21N3O2. The van der Waals surface area contributed by atoms with E-state index in [0.29, 0.717) is 12.8 Å². The molecule has 5 nitrogen and oxygen atoms in total. The number of aliphatic imine (C=N–C) groups is 1. The molecule has 0 heterocycles. The van der Waals surface area contributed by atoms with Gasteiger partial charge in [0, 0.05) is 12.8 Å². The minimum atomic E-state index is -1.31. The van der Waals surface area contributed by atoms with Crippen LogP contribution in [0.5, 0.6) is 0 Å². The van der Waals surface area contributed by atoms with Gasteiger partial charge in [-0.05, 0) is 33.6 Å². The molecule has 1 aliphatic carbocycles. The van der Waals surface area contributed by atoms with Crippen LogP contribution in [0.15, 0.2) is 15.2 Å². The summed E-state index contributed by atoms with van der Waals surface area (Å²) in [5.41, 5.74) is -1.69. The first-order valence-electron chi connectivity index (χ1n) is 6.46. The Labute approximate surface area is 108 Å². The number of rotatable bonds is 2. The number of Topliss-reactive ketones (excluding diaryl/α,β-unsaturated/α-hetero) is 1. The van der Waals surface area contributed by atoms with Gasteiger partial charge in [0.25, 0.3) is 0 Å². The third-order valence-corrected chi connectivity index (χ3v) is 2.87. The predicted molar refractivity (Wildman–Crippen MR) is 68.2 cm³/mol. The maximum absolute atomic E-state index is 12.2. The molecule has 0 aromatic rings. The lowest BCUT2D eigenvalue weighted by atomic mass is 9.91. The van der Waals surface area contributed by atoms with E-state index in [1.54, 1.807) is 0 Å². The summed E-state index contributed by atoms with van der Waals surface area (Å²) in [7, 11) is 0. The van der Waals surface area contributed by atoms with Crippen molar-refractivity contribution in [3.05, 3.63) is 0 Å². The van der Waals surface area contributed by atoms with Gasteiger partial charge in [-0.1, -0.05) is 12.8 Å². The quantitative estimate of drug-likeness (QED) is 0.429. The maximum atomic E-state index is 12.2. The van der Waals surface area contributed by atoms with Crippen LogP contribution in [-0.4, -0.2) is 23.1 Å². The van der Waals surface area contributed by atoms with Crippen molar-refractivity contribution in [3.63, 3.8) is 0 Å². The van der Waals surface area contributed by atoms with Gasteiger partial charge in [-0.2, -0.15) is 15.2 Å². The highest BCUT2D eigenvalue weighted by atomic mass is 16.1. The monoisotopic (exact) mass is 251 g/mol. The second-order valence-electron chi connectivity index (χ2n) is 5.73. The molecule has 1 rings (SSSR count). The number of ketones is 1. The Bertz CT molecular complexity index is 378. The third-order valence-electron chi connectivity index (χ3n) is 2.87. The van der Waals surface area contributed by atoms with E-state index in [1.807, 2.05) is 20.8 Å². The Hall–Kier alpha value is -1.35. The second kappa shape index (κ2) is 6.01. The normalized spacial score (nSPS) is 26.5. The molecule has 0 bridgehead atoms. The van der Waals surface area contributed by atoms with Crippen LogP contribution in [0.3, 0.4) is 0 Å². The number of carbonyl (C=O) groups excluding carboxylic acids is 2. The van der Waals surface area contributed by atoms with Crippen LogP contribution in [0.2, 0.25) is 0 Å². The zero-order valence-electron chi connectivity index (χ0n) is 11.4. The van der Waals surface area contributed by atoms with Gasteiger partial charge in [-0.25, -0.2) is 4.79 Å². The first kappa shape index (κ1) is 14.7. The molecule has 0 amide bonds. The van der Waals surface area contributed by atoms with E-state index in [2.05, 4.69) is 15.2 Å². The van der Waals surface area contributed by atoms with Crippen molar-refractivity contribution < 1.29 is 9.59 Å². The molecule has 0 aromatic carbocycles. The second-order valence-corrected chi connectivity index (χ2v) is 5.73. The molecular weight excluding hydrogens is 230 g/mol. The molecule has 1 saturated carbocycles. The molecule has 100 valence electrons. The Morgan fingerprint density at radius 3 is 2.44 bits per heavy atom. The zero-order valence-corrected chi connectivity index (χ0v) is 11.4. The molecule has 0 radical (unpaired) electrons. The molecule has 0 aliphatic heterocycles. The van der Waals surface area contributed by atoms with Gasteiger partial charge in [-0.15, -0.1) is 0 Å². The van der Waals surface area contributed by atoms with E-state index < -0.39 is 5.66 Å². The molecule has 1 aliphatic rings. The summed E-state index contributed by atoms with van der Waals surface area (Å²) in [6, 6.07) is 0. The highest BCUT2D eigenvalue weighted by Crippen LogP contribution is 2.29. The lowest BCUT2D eigenvalue weighted by Gasteiger charge is -2.24. The zero-order chi connectivity index (χ0) is 13.6. The van der Waals surface area contributed by atoms with E-state index in [9.17, 15) is 9.59 Å². The molecule has 0 saturated heterocycles. The smallest absolute Gasteiger partial charge is 0.239 e. The van der Waals surface area contributed by atoms with Crippen molar-refractivity contribution in [2.45, 2.75) is 70.5 Å². The highest BCUT2D eigenvalue weighted by molar-refractivity contribution is 5.89. The van der Waals surface area contributed by atoms with Crippen LogP contribution in [0, 0.1) is 0 Å². The fourth-order valence-corrected chi connectivity index (χ4v) is 1.90. The number of isocyanates is 1. The average Bonchev–Trinajstić information content (AvgIpc) is 2.26. The fraction of sp³-hybridized carbons (Fsp3) is 0.846. The Kier molecular flexibility index (Phi) is 4.91. The Morgan fingerprint density at radius 2 is 1.83 bits per heavy atom. The van der Waals surface area contributed by atoms with Crippen LogP contribution in [0.25, 0.3) is 0 Å². The molecule has 1 atom stereocenters. The molecule has 0 aromatic heterocycles. The van der Waals surface area contributed by atoms with Crippen molar-refractivity contribution in [2.75, 3.05) is 0 Å². The fourth-order valence-electron chi connectivity index (χ4n) is 1.90. The minimum Gasteiger partial charge on any atom is -0.295 e. The van der Waals surface area contributed by atoms with Crippen molar-refractivity contribution in [2.24, 2.45) is 15.2 Å². The summed E-state index contributed by atoms with van der Waals surface area (Å²) in [4.78, 5) is 26.5. The minimum absolute atomic E-state index is 0.112. The van der Waals surface area contributed by atoms with Gasteiger partial charge in [0.1, 0.15) is 0 Å². The third kappa shape index (κ3) is 4.15. The standard InChI is InChI=1S/C13H21N3O2/c1-12(2,3)15-16-13(14-10-17)9-7-5-4-6-8-11(13)18/h4-9H2,1-3H3/b16-15+. The first-order chi connectivity index (χ1) is 8.40. The SMILES string of the molecule is CC(C)(C)/N=N/C1(N=C=O)CCCCCCC1=O. The number of carbonyl (C=O) groups is 1. The number of azo groups is 1. The molecule has 1 fully saturated rings. The van der Waals surface area contributed by atoms with Gasteiger partial charge in [-0.3, -0.25) is 4.79 Å². The van der Waals surface area contributed by atoms with Gasteiger partial charge >= 0.3 is 0 Å². The molecule has 5 heteroatoms. The van der Waals surface area contributed by atoms with Gasteiger partial charge < -0.3 is 0 Å². The summed E-state index contributed by atoms with van der Waals surface area (Å²) >= 11 is 0. The summed E-state index contributed by atoms with van der Waals surface area (Å²) in [5, 5.41) is 8.23. The van der Waals surface area contributed by atoms with Crippen LogP contribution in [-0.2, 0) is 9.59 Å². The van der Waals surface area contributed by atoms with Crippen LogP contribution < -0.4 is 0 Å². The first-order valence-corrected chi connectivity index (χ1v) is 6.46. The van der Waals surface area contributed by atoms with Crippen LogP contribution in [0.4, 0.5) is 0 Å². The van der Waals surface area contributed by atoms with E-state index in [1.165, 1.54) is 6.08 Å². The van der Waals surface area contributed by atoms with E-state index in [0.717, 1.165) is 25.7 Å². The van der Waals surface area contributed by atoms with Crippen molar-refractivity contribution in [1.82, 2.24) is 0 Å². The number of hydrogen-bond acceptors (Lipinski definition) is 5. The van der Waals surface area contributed by atoms with E-state index in [-0.39, 0.29) is 11.3 Å². The number of hydrogen-bond donors (Lipinski definition) is 0. The molecule has 0 spiro atoms. The van der Waals surface area contributed by atoms with Gasteiger partial charge in [0.15, 0.2) is 5.78 Å². The molecule has 0 N–H and O–H groups in total. The highest BCUT2D eigenvalue weighted by Gasteiger charge is 2.38. The summed E-state index contributed by atoms with van der Waals surface area (Å²) in [6.07, 6.45) is 6.11. The molecule has 18 heavy (non-hydrogen) atoms.